The minimum atomic E-state index is 0.301. The predicted octanol–water partition coefficient (Wildman–Crippen LogP) is 3.13. The number of ketones is 1. The second-order valence-electron chi connectivity index (χ2n) is 4.34. The first-order chi connectivity index (χ1) is 5.45. The Morgan fingerprint density at radius 2 is 1.83 bits per heavy atom. The summed E-state index contributed by atoms with van der Waals surface area (Å²) in [6, 6.07) is 0. The van der Waals surface area contributed by atoms with E-state index in [1.807, 2.05) is 6.26 Å². The molecule has 2 heteroatoms. The summed E-state index contributed by atoms with van der Waals surface area (Å²) >= 11 is 1.74. The molecule has 0 saturated heterocycles. The summed E-state index contributed by atoms with van der Waals surface area (Å²) in [6.45, 7) is 6.53. The molecule has 72 valence electrons. The van der Waals surface area contributed by atoms with Gasteiger partial charge in [0.2, 0.25) is 0 Å². The van der Waals surface area contributed by atoms with Crippen molar-refractivity contribution in [3.63, 3.8) is 0 Å². The quantitative estimate of drug-likeness (QED) is 0.659. The van der Waals surface area contributed by atoms with Crippen LogP contribution in [-0.4, -0.2) is 17.8 Å². The Hall–Kier alpha value is 0.0200. The van der Waals surface area contributed by atoms with Crippen molar-refractivity contribution in [1.82, 2.24) is 0 Å². The highest BCUT2D eigenvalue weighted by atomic mass is 32.2. The van der Waals surface area contributed by atoms with Crippen molar-refractivity contribution in [2.24, 2.45) is 5.41 Å². The van der Waals surface area contributed by atoms with Crippen molar-refractivity contribution in [2.45, 2.75) is 40.0 Å². The monoisotopic (exact) mass is 188 g/mol. The number of carbonyl (C=O) groups excluding carboxylic acids is 1. The Labute approximate surface area is 80.3 Å². The van der Waals surface area contributed by atoms with Crippen molar-refractivity contribution in [3.05, 3.63) is 0 Å². The third-order valence-electron chi connectivity index (χ3n) is 1.74. The molecular formula is C10H20OS. The summed E-state index contributed by atoms with van der Waals surface area (Å²) in [7, 11) is 0. The second kappa shape index (κ2) is 5.63. The van der Waals surface area contributed by atoms with Gasteiger partial charge in [0.1, 0.15) is 5.78 Å². The van der Waals surface area contributed by atoms with Crippen LogP contribution < -0.4 is 0 Å². The van der Waals surface area contributed by atoms with Crippen LogP contribution in [0.15, 0.2) is 0 Å². The maximum atomic E-state index is 11.2. The van der Waals surface area contributed by atoms with Crippen LogP contribution in [0.2, 0.25) is 0 Å². The van der Waals surface area contributed by atoms with Crippen molar-refractivity contribution < 1.29 is 4.79 Å². The molecule has 0 aromatic carbocycles. The number of hydrogen-bond acceptors (Lipinski definition) is 2. The Balaban J connectivity index is 3.44. The van der Waals surface area contributed by atoms with Crippen LogP contribution >= 0.6 is 11.8 Å². The van der Waals surface area contributed by atoms with Gasteiger partial charge in [-0.05, 0) is 23.8 Å². The molecule has 0 saturated carbocycles. The molecule has 0 bridgehead atoms. The number of Topliss-reactive ketones (excluding diaryl/α,β-unsaturated/α-hetero) is 1. The van der Waals surface area contributed by atoms with E-state index >= 15 is 0 Å². The van der Waals surface area contributed by atoms with Crippen LogP contribution in [0, 0.1) is 5.41 Å². The Morgan fingerprint density at radius 1 is 1.25 bits per heavy atom. The van der Waals surface area contributed by atoms with E-state index in [0.29, 0.717) is 11.2 Å². The van der Waals surface area contributed by atoms with E-state index in [9.17, 15) is 4.79 Å². The molecule has 0 heterocycles. The van der Waals surface area contributed by atoms with Crippen molar-refractivity contribution in [3.8, 4) is 0 Å². The zero-order valence-electron chi connectivity index (χ0n) is 8.64. The minimum Gasteiger partial charge on any atom is -0.300 e. The number of thioether (sulfide) groups is 1. The average Bonchev–Trinajstić information content (AvgIpc) is 1.95. The number of carbonyl (C=O) groups is 1. The van der Waals surface area contributed by atoms with E-state index in [1.165, 1.54) is 0 Å². The van der Waals surface area contributed by atoms with Crippen molar-refractivity contribution >= 4 is 17.5 Å². The molecule has 0 spiro atoms. The van der Waals surface area contributed by atoms with Crippen LogP contribution in [0.1, 0.15) is 40.0 Å². The fraction of sp³-hybridized carbons (Fsp3) is 0.900. The zero-order valence-corrected chi connectivity index (χ0v) is 9.46. The normalized spacial score (nSPS) is 11.7. The number of hydrogen-bond donors (Lipinski definition) is 0. The van der Waals surface area contributed by atoms with Crippen LogP contribution in [-0.2, 0) is 4.79 Å². The SMILES string of the molecule is CSCCC(=O)CCC(C)(C)C. The van der Waals surface area contributed by atoms with Gasteiger partial charge < -0.3 is 0 Å². The molecule has 0 unspecified atom stereocenters. The van der Waals surface area contributed by atoms with Gasteiger partial charge in [0, 0.05) is 12.8 Å². The molecule has 0 aliphatic carbocycles. The third kappa shape index (κ3) is 8.12. The standard InChI is InChI=1S/C10H20OS/c1-10(2,3)7-5-9(11)6-8-12-4/h5-8H2,1-4H3. The Morgan fingerprint density at radius 3 is 2.25 bits per heavy atom. The van der Waals surface area contributed by atoms with Crippen LogP contribution in [0.4, 0.5) is 0 Å². The lowest BCUT2D eigenvalue weighted by Crippen LogP contribution is -2.09. The molecule has 0 amide bonds. The minimum absolute atomic E-state index is 0.301. The highest BCUT2D eigenvalue weighted by molar-refractivity contribution is 7.98. The Bertz CT molecular complexity index is 135. The molecule has 0 atom stereocenters. The van der Waals surface area contributed by atoms with Gasteiger partial charge in [-0.25, -0.2) is 0 Å². The zero-order chi connectivity index (χ0) is 9.61. The first-order valence-electron chi connectivity index (χ1n) is 4.46. The summed E-state index contributed by atoms with van der Waals surface area (Å²) in [6.07, 6.45) is 4.55. The van der Waals surface area contributed by atoms with Gasteiger partial charge >= 0.3 is 0 Å². The van der Waals surface area contributed by atoms with Gasteiger partial charge in [-0.15, -0.1) is 0 Å². The molecule has 0 rings (SSSR count). The van der Waals surface area contributed by atoms with Crippen LogP contribution in [0.5, 0.6) is 0 Å². The summed E-state index contributed by atoms with van der Waals surface area (Å²) in [5, 5.41) is 0. The summed E-state index contributed by atoms with van der Waals surface area (Å²) in [5.41, 5.74) is 0.301. The van der Waals surface area contributed by atoms with Gasteiger partial charge in [0.15, 0.2) is 0 Å². The highest BCUT2D eigenvalue weighted by Crippen LogP contribution is 2.21. The van der Waals surface area contributed by atoms with Crippen LogP contribution in [0.25, 0.3) is 0 Å². The lowest BCUT2D eigenvalue weighted by atomic mass is 9.89. The van der Waals surface area contributed by atoms with Crippen molar-refractivity contribution in [2.75, 3.05) is 12.0 Å². The summed E-state index contributed by atoms with van der Waals surface area (Å²) in [4.78, 5) is 11.2. The second-order valence-corrected chi connectivity index (χ2v) is 5.33. The maximum Gasteiger partial charge on any atom is 0.133 e. The molecule has 0 N–H and O–H groups in total. The van der Waals surface area contributed by atoms with E-state index < -0.39 is 0 Å². The lowest BCUT2D eigenvalue weighted by Gasteiger charge is -2.16. The molecule has 0 aliphatic rings. The maximum absolute atomic E-state index is 11.2. The predicted molar refractivity (Wildman–Crippen MR) is 56.7 cm³/mol. The van der Waals surface area contributed by atoms with E-state index in [2.05, 4.69) is 20.8 Å². The van der Waals surface area contributed by atoms with Crippen molar-refractivity contribution in [1.29, 1.82) is 0 Å². The summed E-state index contributed by atoms with van der Waals surface area (Å²) in [5.74, 6) is 1.39. The number of rotatable bonds is 5. The highest BCUT2D eigenvalue weighted by Gasteiger charge is 2.12. The lowest BCUT2D eigenvalue weighted by molar-refractivity contribution is -0.119. The van der Waals surface area contributed by atoms with E-state index in [1.54, 1.807) is 11.8 Å². The average molecular weight is 188 g/mol. The first kappa shape index (κ1) is 12.0. The van der Waals surface area contributed by atoms with E-state index in [-0.39, 0.29) is 0 Å². The van der Waals surface area contributed by atoms with Gasteiger partial charge in [0.05, 0.1) is 0 Å². The topological polar surface area (TPSA) is 17.1 Å². The van der Waals surface area contributed by atoms with Gasteiger partial charge in [0.25, 0.3) is 0 Å². The van der Waals surface area contributed by atoms with Gasteiger partial charge in [-0.2, -0.15) is 11.8 Å². The molecule has 12 heavy (non-hydrogen) atoms. The van der Waals surface area contributed by atoms with E-state index in [0.717, 1.165) is 25.0 Å². The molecule has 0 aromatic rings. The van der Waals surface area contributed by atoms with Gasteiger partial charge in [-0.1, -0.05) is 20.8 Å². The molecule has 0 aromatic heterocycles. The Kier molecular flexibility index (Phi) is 5.64. The van der Waals surface area contributed by atoms with E-state index in [4.69, 9.17) is 0 Å². The molecule has 0 fully saturated rings. The fourth-order valence-corrected chi connectivity index (χ4v) is 1.29. The summed E-state index contributed by atoms with van der Waals surface area (Å²) < 4.78 is 0. The van der Waals surface area contributed by atoms with Crippen LogP contribution in [0.3, 0.4) is 0 Å². The molecule has 1 nitrogen and oxygen atoms in total. The molecular weight excluding hydrogens is 168 g/mol. The largest absolute Gasteiger partial charge is 0.300 e. The smallest absolute Gasteiger partial charge is 0.133 e. The first-order valence-corrected chi connectivity index (χ1v) is 5.86. The fourth-order valence-electron chi connectivity index (χ4n) is 0.855. The molecule has 0 aliphatic heterocycles. The third-order valence-corrected chi connectivity index (χ3v) is 2.35. The van der Waals surface area contributed by atoms with Gasteiger partial charge in [-0.3, -0.25) is 4.79 Å². The molecule has 0 radical (unpaired) electrons.